The zero-order chi connectivity index (χ0) is 19.2. The van der Waals surface area contributed by atoms with Crippen LogP contribution >= 0.6 is 11.3 Å². The van der Waals surface area contributed by atoms with Crippen molar-refractivity contribution in [1.82, 2.24) is 19.7 Å². The smallest absolute Gasteiger partial charge is 0.225 e. The molecule has 0 bridgehead atoms. The van der Waals surface area contributed by atoms with Gasteiger partial charge >= 0.3 is 0 Å². The van der Waals surface area contributed by atoms with Crippen LogP contribution < -0.4 is 5.32 Å². The molecule has 28 heavy (non-hydrogen) atoms. The molecule has 2 aromatic heterocycles. The first kappa shape index (κ1) is 18.8. The maximum atomic E-state index is 12.4. The zero-order valence-electron chi connectivity index (χ0n) is 15.8. The third-order valence-electron chi connectivity index (χ3n) is 5.17. The summed E-state index contributed by atoms with van der Waals surface area (Å²) in [7, 11) is 0. The van der Waals surface area contributed by atoms with Crippen molar-refractivity contribution in [1.29, 1.82) is 0 Å². The third-order valence-corrected chi connectivity index (χ3v) is 5.93. The highest BCUT2D eigenvalue weighted by atomic mass is 32.1. The number of aryl methyl sites for hydroxylation is 1. The van der Waals surface area contributed by atoms with Crippen LogP contribution in [0.25, 0.3) is 0 Å². The molecule has 0 aliphatic carbocycles. The Labute approximate surface area is 169 Å². The summed E-state index contributed by atoms with van der Waals surface area (Å²) in [6.45, 7) is 2.96. The molecule has 146 valence electrons. The van der Waals surface area contributed by atoms with E-state index in [2.05, 4.69) is 32.4 Å². The average Bonchev–Trinajstić information content (AvgIpc) is 3.40. The first-order valence-corrected chi connectivity index (χ1v) is 10.6. The Morgan fingerprint density at radius 2 is 1.96 bits per heavy atom. The number of amides is 1. The number of aromatic nitrogens is 3. The molecule has 1 aliphatic rings. The van der Waals surface area contributed by atoms with Crippen LogP contribution in [0, 0.1) is 0 Å². The number of benzene rings is 1. The van der Waals surface area contributed by atoms with Gasteiger partial charge in [-0.15, -0.1) is 11.3 Å². The predicted molar refractivity (Wildman–Crippen MR) is 111 cm³/mol. The van der Waals surface area contributed by atoms with Crippen LogP contribution in [0.5, 0.6) is 0 Å². The third kappa shape index (κ3) is 4.85. The summed E-state index contributed by atoms with van der Waals surface area (Å²) in [5.41, 5.74) is 1.18. The molecule has 3 heterocycles. The minimum atomic E-state index is 0.0341. The number of carbonyl (C=O) groups excluding carboxylic acids is 1. The van der Waals surface area contributed by atoms with Gasteiger partial charge in [0, 0.05) is 37.2 Å². The second-order valence-electron chi connectivity index (χ2n) is 7.13. The van der Waals surface area contributed by atoms with Crippen LogP contribution in [-0.4, -0.2) is 38.7 Å². The summed E-state index contributed by atoms with van der Waals surface area (Å²) in [5, 5.41) is 10.7. The Hall–Kier alpha value is -2.51. The molecule has 3 aromatic rings. The summed E-state index contributed by atoms with van der Waals surface area (Å²) < 4.78 is 1.99. The van der Waals surface area contributed by atoms with Crippen molar-refractivity contribution in [3.63, 3.8) is 0 Å². The maximum absolute atomic E-state index is 12.4. The fourth-order valence-corrected chi connectivity index (χ4v) is 4.31. The molecule has 0 spiro atoms. The average molecular weight is 396 g/mol. The highest BCUT2D eigenvalue weighted by Crippen LogP contribution is 2.26. The van der Waals surface area contributed by atoms with Crippen molar-refractivity contribution in [3.8, 4) is 0 Å². The highest BCUT2D eigenvalue weighted by Gasteiger charge is 2.23. The van der Waals surface area contributed by atoms with E-state index in [0.29, 0.717) is 12.5 Å². The SMILES string of the molecule is O=C(CCc1ccccc1)Nc1ccnn1C1CCN(Cc2nccs2)CC1. The number of nitrogens with one attached hydrogen (secondary N) is 1. The number of thiazole rings is 1. The van der Waals surface area contributed by atoms with Crippen LogP contribution in [0.2, 0.25) is 0 Å². The Kier molecular flexibility index (Phi) is 6.14. The van der Waals surface area contributed by atoms with Crippen LogP contribution in [-0.2, 0) is 17.8 Å². The number of carbonyl (C=O) groups is 1. The van der Waals surface area contributed by atoms with Crippen LogP contribution in [0.1, 0.15) is 35.9 Å². The Bertz CT molecular complexity index is 869. The molecule has 1 aromatic carbocycles. The number of nitrogens with zero attached hydrogens (tertiary/aromatic N) is 4. The number of likely N-dealkylation sites (tertiary alicyclic amines) is 1. The molecule has 1 amide bonds. The number of anilines is 1. The predicted octanol–water partition coefficient (Wildman–Crippen LogP) is 3.75. The van der Waals surface area contributed by atoms with Crippen molar-refractivity contribution >= 4 is 23.1 Å². The molecule has 0 unspecified atom stereocenters. The largest absolute Gasteiger partial charge is 0.311 e. The lowest BCUT2D eigenvalue weighted by Crippen LogP contribution is -2.35. The fourth-order valence-electron chi connectivity index (χ4n) is 3.66. The van der Waals surface area contributed by atoms with Gasteiger partial charge in [-0.05, 0) is 24.8 Å². The maximum Gasteiger partial charge on any atom is 0.225 e. The van der Waals surface area contributed by atoms with Gasteiger partial charge in [-0.2, -0.15) is 5.10 Å². The van der Waals surface area contributed by atoms with Crippen LogP contribution in [0.3, 0.4) is 0 Å². The van der Waals surface area contributed by atoms with Gasteiger partial charge in [0.05, 0.1) is 18.8 Å². The summed E-state index contributed by atoms with van der Waals surface area (Å²) in [6, 6.07) is 12.3. The highest BCUT2D eigenvalue weighted by molar-refractivity contribution is 7.09. The van der Waals surface area contributed by atoms with E-state index in [1.54, 1.807) is 17.5 Å². The second kappa shape index (κ2) is 9.12. The molecule has 1 fully saturated rings. The van der Waals surface area contributed by atoms with Crippen LogP contribution in [0.4, 0.5) is 5.82 Å². The standard InChI is InChI=1S/C21H25N5OS/c27-20(7-6-17-4-2-1-3-5-17)24-19-8-11-23-26(19)18-9-13-25(14-10-18)16-21-22-12-15-28-21/h1-5,8,11-12,15,18H,6-7,9-10,13-14,16H2,(H,24,27). The summed E-state index contributed by atoms with van der Waals surface area (Å²) >= 11 is 1.71. The lowest BCUT2D eigenvalue weighted by molar-refractivity contribution is -0.116. The summed E-state index contributed by atoms with van der Waals surface area (Å²) in [6.07, 6.45) is 6.91. The van der Waals surface area contributed by atoms with Gasteiger partial charge in [0.15, 0.2) is 0 Å². The summed E-state index contributed by atoms with van der Waals surface area (Å²) in [4.78, 5) is 19.2. The lowest BCUT2D eigenvalue weighted by Gasteiger charge is -2.32. The van der Waals surface area contributed by atoms with Gasteiger partial charge in [-0.3, -0.25) is 9.69 Å². The van der Waals surface area contributed by atoms with Crippen LogP contribution in [0.15, 0.2) is 54.2 Å². The molecule has 4 rings (SSSR count). The topological polar surface area (TPSA) is 63.1 Å². The van der Waals surface area contributed by atoms with E-state index in [9.17, 15) is 4.79 Å². The van der Waals surface area contributed by atoms with E-state index in [1.807, 2.05) is 40.5 Å². The normalized spacial score (nSPS) is 15.6. The Balaban J connectivity index is 1.28. The van der Waals surface area contributed by atoms with Crippen molar-refractivity contribution in [2.24, 2.45) is 0 Å². The van der Waals surface area contributed by atoms with Gasteiger partial charge in [-0.25, -0.2) is 9.67 Å². The van der Waals surface area contributed by atoms with Crippen molar-refractivity contribution in [3.05, 3.63) is 64.7 Å². The number of hydrogen-bond acceptors (Lipinski definition) is 5. The number of hydrogen-bond donors (Lipinski definition) is 1. The minimum absolute atomic E-state index is 0.0341. The Morgan fingerprint density at radius 1 is 1.14 bits per heavy atom. The molecule has 7 heteroatoms. The van der Waals surface area contributed by atoms with E-state index in [1.165, 1.54) is 10.6 Å². The molecular formula is C21H25N5OS. The second-order valence-corrected chi connectivity index (χ2v) is 8.11. The lowest BCUT2D eigenvalue weighted by atomic mass is 10.1. The van der Waals surface area contributed by atoms with Crippen molar-refractivity contribution < 1.29 is 4.79 Å². The van der Waals surface area contributed by atoms with E-state index in [0.717, 1.165) is 44.7 Å². The fraction of sp³-hybridized carbons (Fsp3) is 0.381. The van der Waals surface area contributed by atoms with Gasteiger partial charge in [0.25, 0.3) is 0 Å². The van der Waals surface area contributed by atoms with Crippen molar-refractivity contribution in [2.75, 3.05) is 18.4 Å². The monoisotopic (exact) mass is 395 g/mol. The zero-order valence-corrected chi connectivity index (χ0v) is 16.6. The molecule has 1 N–H and O–H groups in total. The molecule has 6 nitrogen and oxygen atoms in total. The number of rotatable bonds is 7. The first-order chi connectivity index (χ1) is 13.8. The molecule has 0 atom stereocenters. The summed E-state index contributed by atoms with van der Waals surface area (Å²) in [5.74, 6) is 0.836. The van der Waals surface area contributed by atoms with E-state index in [4.69, 9.17) is 0 Å². The van der Waals surface area contributed by atoms with Gasteiger partial charge < -0.3 is 5.32 Å². The van der Waals surface area contributed by atoms with Gasteiger partial charge in [-0.1, -0.05) is 30.3 Å². The quantitative estimate of drug-likeness (QED) is 0.662. The molecule has 0 saturated carbocycles. The van der Waals surface area contributed by atoms with Crippen molar-refractivity contribution in [2.45, 2.75) is 38.3 Å². The van der Waals surface area contributed by atoms with E-state index < -0.39 is 0 Å². The Morgan fingerprint density at radius 3 is 2.71 bits per heavy atom. The molecule has 1 saturated heterocycles. The molecule has 0 radical (unpaired) electrons. The van der Waals surface area contributed by atoms with E-state index >= 15 is 0 Å². The molecule has 1 aliphatic heterocycles. The number of piperidine rings is 1. The molecular weight excluding hydrogens is 370 g/mol. The van der Waals surface area contributed by atoms with Gasteiger partial charge in [0.1, 0.15) is 10.8 Å². The minimum Gasteiger partial charge on any atom is -0.311 e. The first-order valence-electron chi connectivity index (χ1n) is 9.76. The van der Waals surface area contributed by atoms with E-state index in [-0.39, 0.29) is 5.91 Å². The van der Waals surface area contributed by atoms with Gasteiger partial charge in [0.2, 0.25) is 5.91 Å².